The highest BCUT2D eigenvalue weighted by molar-refractivity contribution is 6.99. The molecule has 1 N–H and O–H groups in total. The molecular weight excluding hydrogens is 797 g/mol. The second-order valence-corrected chi connectivity index (χ2v) is 21.4. The average Bonchev–Trinajstić information content (AvgIpc) is 3.27. The minimum atomic E-state index is -3.11. The van der Waals surface area contributed by atoms with E-state index in [1.165, 1.54) is 18.9 Å². The van der Waals surface area contributed by atoms with Crippen molar-refractivity contribution in [2.45, 2.75) is 90.5 Å². The van der Waals surface area contributed by atoms with Crippen LogP contribution >= 0.6 is 0 Å². The highest BCUT2D eigenvalue weighted by Gasteiger charge is 2.54. The van der Waals surface area contributed by atoms with Gasteiger partial charge in [-0.25, -0.2) is 9.59 Å². The third-order valence-corrected chi connectivity index (χ3v) is 15.4. The maximum absolute atomic E-state index is 14.6. The van der Waals surface area contributed by atoms with Crippen LogP contribution < -0.4 is 15.7 Å². The molecule has 0 aromatic heterocycles. The van der Waals surface area contributed by atoms with E-state index in [1.807, 2.05) is 92.4 Å². The second kappa shape index (κ2) is 21.7. The van der Waals surface area contributed by atoms with E-state index in [4.69, 9.17) is 18.6 Å². The Morgan fingerprint density at radius 3 is 1.87 bits per heavy atom. The number of carbonyl (C=O) groups is 3. The van der Waals surface area contributed by atoms with Crippen molar-refractivity contribution >= 4 is 36.7 Å². The normalized spacial score (nSPS) is 16.3. The molecule has 0 spiro atoms. The van der Waals surface area contributed by atoms with Crippen LogP contribution in [0, 0.1) is 0 Å². The van der Waals surface area contributed by atoms with Gasteiger partial charge in [-0.05, 0) is 90.4 Å². The van der Waals surface area contributed by atoms with Crippen LogP contribution in [-0.4, -0.2) is 75.7 Å². The van der Waals surface area contributed by atoms with Crippen LogP contribution in [0.15, 0.2) is 151 Å². The fraction of sp³-hybridized carbons (Fsp3) is 0.353. The Morgan fingerprint density at radius 2 is 1.35 bits per heavy atom. The number of rotatable bonds is 13. The highest BCUT2D eigenvalue weighted by Crippen LogP contribution is 2.39. The van der Waals surface area contributed by atoms with Crippen molar-refractivity contribution < 1.29 is 37.8 Å². The SMILES string of the molecule is CCCN(CCc1ccc(-c2ccccc2)cc1)C(=O)[C@@H]1OCC=C(O[Si](c2ccccc2)(c2ccccc2)C(C)(C)C)[C@H]1NC(=O)OC(C)(C)C.COC(=O)C1=CCC=CO1. The van der Waals surface area contributed by atoms with Gasteiger partial charge in [0, 0.05) is 13.1 Å². The smallest absolute Gasteiger partial charge is 0.408 e. The van der Waals surface area contributed by atoms with Gasteiger partial charge in [0.15, 0.2) is 6.10 Å². The predicted molar refractivity (Wildman–Crippen MR) is 247 cm³/mol. The molecule has 11 heteroatoms. The number of allylic oxidation sites excluding steroid dienone is 2. The Bertz CT molecular complexity index is 2120. The summed E-state index contributed by atoms with van der Waals surface area (Å²) in [4.78, 5) is 40.7. The number of hydrogen-bond acceptors (Lipinski definition) is 8. The molecule has 2 heterocycles. The molecule has 0 bridgehead atoms. The number of esters is 1. The van der Waals surface area contributed by atoms with Crippen molar-refractivity contribution in [3.8, 4) is 11.1 Å². The summed E-state index contributed by atoms with van der Waals surface area (Å²) >= 11 is 0. The lowest BCUT2D eigenvalue weighted by Crippen LogP contribution is -2.68. The topological polar surface area (TPSA) is 113 Å². The number of alkyl carbamates (subject to hydrolysis) is 1. The van der Waals surface area contributed by atoms with E-state index in [0.29, 0.717) is 25.3 Å². The zero-order chi connectivity index (χ0) is 44.8. The molecule has 4 aromatic carbocycles. The Hall–Kier alpha value is -5.91. The number of nitrogens with one attached hydrogen (secondary N) is 1. The van der Waals surface area contributed by atoms with E-state index in [9.17, 15) is 14.4 Å². The first-order valence-electron chi connectivity index (χ1n) is 21.3. The molecule has 0 unspecified atom stereocenters. The molecule has 328 valence electrons. The van der Waals surface area contributed by atoms with Gasteiger partial charge in [-0.2, -0.15) is 0 Å². The summed E-state index contributed by atoms with van der Waals surface area (Å²) in [5.41, 5.74) is 2.71. The van der Waals surface area contributed by atoms with Gasteiger partial charge in [0.2, 0.25) is 5.76 Å². The Morgan fingerprint density at radius 1 is 0.774 bits per heavy atom. The Kier molecular flexibility index (Phi) is 16.5. The van der Waals surface area contributed by atoms with Crippen molar-refractivity contribution in [3.05, 3.63) is 157 Å². The second-order valence-electron chi connectivity index (χ2n) is 17.2. The van der Waals surface area contributed by atoms with Gasteiger partial charge >= 0.3 is 20.4 Å². The third-order valence-electron chi connectivity index (χ3n) is 10.4. The third kappa shape index (κ3) is 12.4. The monoisotopic (exact) mass is 858 g/mol. The number of ether oxygens (including phenoxy) is 4. The Balaban J connectivity index is 0.000000637. The largest absolute Gasteiger partial charge is 0.535 e. The van der Waals surface area contributed by atoms with E-state index < -0.39 is 38.1 Å². The first kappa shape index (κ1) is 47.1. The molecule has 0 radical (unpaired) electrons. The van der Waals surface area contributed by atoms with Crippen LogP contribution in [0.2, 0.25) is 5.04 Å². The molecule has 4 aromatic rings. The number of amides is 2. The molecule has 2 aliphatic heterocycles. The van der Waals surface area contributed by atoms with Crippen molar-refractivity contribution in [2.75, 3.05) is 26.8 Å². The van der Waals surface area contributed by atoms with E-state index in [2.05, 4.69) is 98.4 Å². The molecule has 6 rings (SSSR count). The van der Waals surface area contributed by atoms with Gasteiger partial charge < -0.3 is 33.6 Å². The lowest BCUT2D eigenvalue weighted by molar-refractivity contribution is -0.145. The summed E-state index contributed by atoms with van der Waals surface area (Å²) in [5, 5.41) is 4.86. The summed E-state index contributed by atoms with van der Waals surface area (Å²) in [6, 6.07) is 38.5. The highest BCUT2D eigenvalue weighted by atomic mass is 28.4. The summed E-state index contributed by atoms with van der Waals surface area (Å²) in [6.07, 6.45) is 7.35. The average molecular weight is 859 g/mol. The van der Waals surface area contributed by atoms with Gasteiger partial charge in [-0.1, -0.05) is 143 Å². The van der Waals surface area contributed by atoms with Crippen LogP contribution in [0.3, 0.4) is 0 Å². The Labute approximate surface area is 368 Å². The van der Waals surface area contributed by atoms with E-state index >= 15 is 0 Å². The molecule has 0 saturated carbocycles. The van der Waals surface area contributed by atoms with E-state index in [-0.39, 0.29) is 23.3 Å². The minimum Gasteiger partial charge on any atom is -0.535 e. The standard InChI is InChI=1S/C44H54N2O5Si.C7H8O3/c1-8-30-46(31-28-33-24-26-35(27-25-33)34-18-12-9-13-19-34)41(47)40-39(45-42(48)50-43(2,3)4)38(29-32-49-40)51-52(44(5,6)7,36-20-14-10-15-21-36)37-22-16-11-17-23-37;1-9-7(8)6-4-2-3-5-10-6/h9-27,29,39-40H,8,28,30-32H2,1-7H3,(H,45,48);3-5H,2H2,1H3/t39-,40-;/m1./s1. The molecule has 0 saturated heterocycles. The molecular formula is C51H62N2O8Si. The van der Waals surface area contributed by atoms with Gasteiger partial charge in [-0.15, -0.1) is 0 Å². The molecule has 2 atom stereocenters. The summed E-state index contributed by atoms with van der Waals surface area (Å²) in [7, 11) is -1.79. The zero-order valence-electron chi connectivity index (χ0n) is 37.4. The van der Waals surface area contributed by atoms with E-state index in [0.717, 1.165) is 34.3 Å². The van der Waals surface area contributed by atoms with Gasteiger partial charge in [0.1, 0.15) is 17.4 Å². The molecule has 0 aliphatic carbocycles. The number of nitrogens with zero attached hydrogens (tertiary/aromatic N) is 1. The van der Waals surface area contributed by atoms with Crippen LogP contribution in [0.25, 0.3) is 11.1 Å². The number of methoxy groups -OCH3 is 1. The molecule has 0 fully saturated rings. The molecule has 2 amide bonds. The van der Waals surface area contributed by atoms with E-state index in [1.54, 1.807) is 6.08 Å². The number of hydrogen-bond donors (Lipinski definition) is 1. The van der Waals surface area contributed by atoms with Crippen molar-refractivity contribution in [1.82, 2.24) is 10.2 Å². The molecule has 2 aliphatic rings. The van der Waals surface area contributed by atoms with Crippen LogP contribution in [0.5, 0.6) is 0 Å². The lowest BCUT2D eigenvalue weighted by atomic mass is 10.0. The number of benzene rings is 4. The fourth-order valence-corrected chi connectivity index (χ4v) is 12.0. The minimum absolute atomic E-state index is 0.164. The van der Waals surface area contributed by atoms with Crippen LogP contribution in [0.4, 0.5) is 4.79 Å². The maximum Gasteiger partial charge on any atom is 0.408 e. The van der Waals surface area contributed by atoms with Crippen molar-refractivity contribution in [3.63, 3.8) is 0 Å². The first-order chi connectivity index (χ1) is 29.7. The summed E-state index contributed by atoms with van der Waals surface area (Å²) < 4.78 is 28.7. The first-order valence-corrected chi connectivity index (χ1v) is 23.2. The summed E-state index contributed by atoms with van der Waals surface area (Å²) in [5.74, 6) is 0.160. The van der Waals surface area contributed by atoms with Crippen LogP contribution in [-0.2, 0) is 39.4 Å². The molecule has 10 nitrogen and oxygen atoms in total. The summed E-state index contributed by atoms with van der Waals surface area (Å²) in [6.45, 7) is 15.3. The quantitative estimate of drug-likeness (QED) is 0.105. The van der Waals surface area contributed by atoms with Gasteiger partial charge in [0.05, 0.1) is 20.0 Å². The zero-order valence-corrected chi connectivity index (χ0v) is 38.4. The number of carbonyl (C=O) groups excluding carboxylic acids is 3. The van der Waals surface area contributed by atoms with Gasteiger partial charge in [-0.3, -0.25) is 4.79 Å². The maximum atomic E-state index is 14.6. The predicted octanol–water partition coefficient (Wildman–Crippen LogP) is 8.86. The van der Waals surface area contributed by atoms with Crippen molar-refractivity contribution in [1.29, 1.82) is 0 Å². The molecule has 62 heavy (non-hydrogen) atoms. The van der Waals surface area contributed by atoms with Crippen molar-refractivity contribution in [2.24, 2.45) is 0 Å². The lowest BCUT2D eigenvalue weighted by Gasteiger charge is -2.46. The van der Waals surface area contributed by atoms with Gasteiger partial charge in [0.25, 0.3) is 5.91 Å². The van der Waals surface area contributed by atoms with Crippen LogP contribution in [0.1, 0.15) is 66.9 Å². The fourth-order valence-electron chi connectivity index (χ4n) is 7.51.